The highest BCUT2D eigenvalue weighted by atomic mass is 16.5. The quantitative estimate of drug-likeness (QED) is 0.409. The van der Waals surface area contributed by atoms with Crippen LogP contribution in [0.2, 0.25) is 0 Å². The molecule has 0 aromatic carbocycles. The molecular weight excluding hydrogens is 472 g/mol. The number of piperazine rings is 1. The predicted molar refractivity (Wildman–Crippen MR) is 140 cm³/mol. The Hall–Kier alpha value is -4.32. The van der Waals surface area contributed by atoms with Crippen LogP contribution in [-0.2, 0) is 6.54 Å². The highest BCUT2D eigenvalue weighted by Gasteiger charge is 2.23. The van der Waals surface area contributed by atoms with Crippen LogP contribution < -0.4 is 10.1 Å². The molecule has 12 heteroatoms. The maximum absolute atomic E-state index is 12.3. The summed E-state index contributed by atoms with van der Waals surface area (Å²) in [6, 6.07) is 5.83. The summed E-state index contributed by atoms with van der Waals surface area (Å²) in [5.74, 6) is 1.80. The van der Waals surface area contributed by atoms with E-state index in [1.165, 1.54) is 0 Å². The second-order valence-electron chi connectivity index (χ2n) is 9.11. The average molecular weight is 503 g/mol. The molecule has 2 amide bonds. The molecule has 1 saturated heterocycles. The van der Waals surface area contributed by atoms with Crippen molar-refractivity contribution in [3.8, 4) is 17.1 Å². The van der Waals surface area contributed by atoms with Gasteiger partial charge in [-0.15, -0.1) is 0 Å². The number of rotatable bonds is 6. The fourth-order valence-corrected chi connectivity index (χ4v) is 4.36. The Morgan fingerprint density at radius 1 is 1.11 bits per heavy atom. The largest absolute Gasteiger partial charge is 0.481 e. The molecule has 4 aromatic heterocycles. The number of nitrogens with one attached hydrogen (secondary N) is 2. The number of urea groups is 1. The zero-order valence-corrected chi connectivity index (χ0v) is 21.4. The van der Waals surface area contributed by atoms with Crippen LogP contribution in [0.5, 0.6) is 5.88 Å². The van der Waals surface area contributed by atoms with E-state index in [2.05, 4.69) is 36.2 Å². The van der Waals surface area contributed by atoms with Crippen molar-refractivity contribution < 1.29 is 9.53 Å². The molecule has 2 N–H and O–H groups in total. The summed E-state index contributed by atoms with van der Waals surface area (Å²) >= 11 is 0. The van der Waals surface area contributed by atoms with Gasteiger partial charge in [0.2, 0.25) is 5.88 Å². The maximum Gasteiger partial charge on any atom is 0.319 e. The van der Waals surface area contributed by atoms with Crippen LogP contribution in [0.4, 0.5) is 16.3 Å². The van der Waals surface area contributed by atoms with Crippen molar-refractivity contribution >= 4 is 28.7 Å². The molecule has 12 nitrogen and oxygen atoms in total. The van der Waals surface area contributed by atoms with Gasteiger partial charge < -0.3 is 24.8 Å². The Kier molecular flexibility index (Phi) is 6.82. The molecule has 1 fully saturated rings. The molecule has 0 bridgehead atoms. The van der Waals surface area contributed by atoms with Gasteiger partial charge in [-0.25, -0.2) is 29.7 Å². The Morgan fingerprint density at radius 3 is 2.62 bits per heavy atom. The number of fused-ring (bicyclic) bond motifs is 1. The first-order chi connectivity index (χ1) is 17.9. The van der Waals surface area contributed by atoms with Crippen LogP contribution in [0, 0.1) is 6.92 Å². The molecule has 4 aromatic rings. The number of ether oxygens (including phenoxy) is 1. The number of pyridine rings is 2. The fourth-order valence-electron chi connectivity index (χ4n) is 4.36. The third kappa shape index (κ3) is 5.28. The van der Waals surface area contributed by atoms with Gasteiger partial charge in [-0.3, -0.25) is 4.90 Å². The van der Waals surface area contributed by atoms with Crippen LogP contribution in [0.1, 0.15) is 11.4 Å². The second kappa shape index (κ2) is 10.3. The van der Waals surface area contributed by atoms with Crippen molar-refractivity contribution in [3.05, 3.63) is 48.3 Å². The Balaban J connectivity index is 1.45. The van der Waals surface area contributed by atoms with E-state index in [1.54, 1.807) is 44.7 Å². The minimum absolute atomic E-state index is 0.0507. The van der Waals surface area contributed by atoms with Gasteiger partial charge in [-0.2, -0.15) is 0 Å². The van der Waals surface area contributed by atoms with Crippen LogP contribution in [0.3, 0.4) is 0 Å². The Bertz CT molecular complexity index is 1390. The number of carbonyl (C=O) groups excluding carboxylic acids is 1. The van der Waals surface area contributed by atoms with Crippen LogP contribution >= 0.6 is 0 Å². The zero-order valence-electron chi connectivity index (χ0n) is 21.4. The van der Waals surface area contributed by atoms with E-state index >= 15 is 0 Å². The van der Waals surface area contributed by atoms with E-state index in [9.17, 15) is 4.79 Å². The average Bonchev–Trinajstić information content (AvgIpc) is 3.38. The maximum atomic E-state index is 12.3. The van der Waals surface area contributed by atoms with Crippen molar-refractivity contribution in [2.75, 3.05) is 52.7 Å². The summed E-state index contributed by atoms with van der Waals surface area (Å²) in [6.07, 6.45) is 5.19. The summed E-state index contributed by atoms with van der Waals surface area (Å²) in [7, 11) is 5.15. The van der Waals surface area contributed by atoms with Crippen molar-refractivity contribution in [3.63, 3.8) is 0 Å². The number of aromatic amines is 1. The van der Waals surface area contributed by atoms with Gasteiger partial charge in [0.25, 0.3) is 0 Å². The van der Waals surface area contributed by atoms with Gasteiger partial charge in [0.05, 0.1) is 25.3 Å². The van der Waals surface area contributed by atoms with Gasteiger partial charge >= 0.3 is 6.03 Å². The minimum Gasteiger partial charge on any atom is -0.481 e. The van der Waals surface area contributed by atoms with Gasteiger partial charge in [0.15, 0.2) is 5.65 Å². The lowest BCUT2D eigenvalue weighted by molar-refractivity contribution is 0.120. The van der Waals surface area contributed by atoms with Crippen molar-refractivity contribution in [1.29, 1.82) is 0 Å². The molecule has 1 aliphatic heterocycles. The number of H-pyrrole nitrogens is 1. The Labute approximate surface area is 214 Å². The van der Waals surface area contributed by atoms with E-state index in [0.29, 0.717) is 42.8 Å². The molecule has 0 spiro atoms. The monoisotopic (exact) mass is 502 g/mol. The second-order valence-corrected chi connectivity index (χ2v) is 9.11. The van der Waals surface area contributed by atoms with E-state index < -0.39 is 0 Å². The molecule has 5 heterocycles. The van der Waals surface area contributed by atoms with Crippen LogP contribution in [0.25, 0.3) is 22.4 Å². The molecule has 192 valence electrons. The predicted octanol–water partition coefficient (Wildman–Crippen LogP) is 2.67. The number of methoxy groups -OCH3 is 1. The molecule has 37 heavy (non-hydrogen) atoms. The van der Waals surface area contributed by atoms with Gasteiger partial charge in [0.1, 0.15) is 22.9 Å². The number of aryl methyl sites for hydroxylation is 1. The lowest BCUT2D eigenvalue weighted by Crippen LogP contribution is -2.51. The number of carbonyl (C=O) groups is 1. The standard InChI is InChI=1S/C25H30N10O2/c1-16-30-21(22-24(31-16)29-15-28-22)19-11-17(14-34-7-9-35(10-8-34)25(36)33(2)3)12-27-23(19)32-18-5-6-20(37-4)26-13-18/h5-6,11-13,15H,7-10,14H2,1-4H3,(H,27,32)(H,28,29,30,31). The molecule has 1 aliphatic rings. The Morgan fingerprint density at radius 2 is 1.92 bits per heavy atom. The molecule has 0 saturated carbocycles. The third-order valence-electron chi connectivity index (χ3n) is 6.24. The number of aromatic nitrogens is 6. The summed E-state index contributed by atoms with van der Waals surface area (Å²) < 4.78 is 5.17. The summed E-state index contributed by atoms with van der Waals surface area (Å²) in [5.41, 5.74) is 4.72. The number of hydrogen-bond donors (Lipinski definition) is 2. The van der Waals surface area contributed by atoms with Crippen LogP contribution in [0.15, 0.2) is 36.9 Å². The van der Waals surface area contributed by atoms with Crippen molar-refractivity contribution in [2.24, 2.45) is 0 Å². The van der Waals surface area contributed by atoms with E-state index in [4.69, 9.17) is 14.7 Å². The zero-order chi connectivity index (χ0) is 25.9. The smallest absolute Gasteiger partial charge is 0.319 e. The van der Waals surface area contributed by atoms with Crippen molar-refractivity contribution in [1.82, 2.24) is 44.6 Å². The highest BCUT2D eigenvalue weighted by molar-refractivity contribution is 5.91. The van der Waals surface area contributed by atoms with Crippen molar-refractivity contribution in [2.45, 2.75) is 13.5 Å². The lowest BCUT2D eigenvalue weighted by atomic mass is 10.1. The van der Waals surface area contributed by atoms with Gasteiger partial charge in [0, 0.05) is 64.6 Å². The number of hydrogen-bond acceptors (Lipinski definition) is 9. The fraction of sp³-hybridized carbons (Fsp3) is 0.360. The highest BCUT2D eigenvalue weighted by Crippen LogP contribution is 2.32. The number of anilines is 2. The van der Waals surface area contributed by atoms with E-state index in [0.717, 1.165) is 41.1 Å². The SMILES string of the molecule is COc1ccc(Nc2ncc(CN3CCN(C(=O)N(C)C)CC3)cc2-c2nc(C)nc3nc[nH]c23)cn1. The molecule has 0 radical (unpaired) electrons. The first-order valence-electron chi connectivity index (χ1n) is 12.0. The first-order valence-corrected chi connectivity index (χ1v) is 12.0. The van der Waals surface area contributed by atoms with E-state index in [-0.39, 0.29) is 6.03 Å². The van der Waals surface area contributed by atoms with Gasteiger partial charge in [-0.05, 0) is 24.6 Å². The number of amides is 2. The topological polar surface area (TPSA) is 128 Å². The van der Waals surface area contributed by atoms with Crippen LogP contribution in [-0.4, -0.2) is 98.0 Å². The third-order valence-corrected chi connectivity index (χ3v) is 6.24. The normalized spacial score (nSPS) is 14.1. The van der Waals surface area contributed by atoms with Gasteiger partial charge in [-0.1, -0.05) is 0 Å². The molecular formula is C25H30N10O2. The minimum atomic E-state index is 0.0507. The number of imidazole rings is 1. The summed E-state index contributed by atoms with van der Waals surface area (Å²) in [4.78, 5) is 43.9. The first kappa shape index (κ1) is 24.4. The molecule has 5 rings (SSSR count). The van der Waals surface area contributed by atoms with E-state index in [1.807, 2.05) is 24.1 Å². The molecule has 0 atom stereocenters. The lowest BCUT2D eigenvalue weighted by Gasteiger charge is -2.36. The molecule has 0 aliphatic carbocycles. The summed E-state index contributed by atoms with van der Waals surface area (Å²) in [6.45, 7) is 5.55. The number of nitrogens with zero attached hydrogens (tertiary/aromatic N) is 8. The molecule has 0 unspecified atom stereocenters. The summed E-state index contributed by atoms with van der Waals surface area (Å²) in [5, 5.41) is 3.37.